The number of anilines is 2. The molecule has 0 saturated heterocycles. The number of aliphatic hydroxyl groups excluding tert-OH is 1. The molecule has 0 heterocycles. The van der Waals surface area contributed by atoms with E-state index in [-0.39, 0.29) is 11.5 Å². The zero-order chi connectivity index (χ0) is 14.8. The lowest BCUT2D eigenvalue weighted by molar-refractivity contribution is 0.216. The topological polar surface area (TPSA) is 95.7 Å². The van der Waals surface area contributed by atoms with Crippen molar-refractivity contribution >= 4 is 21.4 Å². The van der Waals surface area contributed by atoms with E-state index >= 15 is 0 Å². The van der Waals surface area contributed by atoms with Crippen LogP contribution in [-0.2, 0) is 10.0 Å². The standard InChI is InChI=1S/C12H21N3O3S/c1-12(2,8-16)15(4)10-6-5-9(13)7-11(10)19(17,18)14-3/h5-7,14,16H,8,13H2,1-4H3. The van der Waals surface area contributed by atoms with Gasteiger partial charge in [-0.15, -0.1) is 0 Å². The van der Waals surface area contributed by atoms with Crippen LogP contribution >= 0.6 is 0 Å². The van der Waals surface area contributed by atoms with Crippen LogP contribution in [-0.4, -0.2) is 39.8 Å². The normalized spacial score (nSPS) is 12.5. The highest BCUT2D eigenvalue weighted by atomic mass is 32.2. The van der Waals surface area contributed by atoms with Gasteiger partial charge in [-0.2, -0.15) is 0 Å². The van der Waals surface area contributed by atoms with Crippen LogP contribution in [0.15, 0.2) is 23.1 Å². The molecule has 6 nitrogen and oxygen atoms in total. The van der Waals surface area contributed by atoms with Gasteiger partial charge < -0.3 is 15.7 Å². The van der Waals surface area contributed by atoms with Crippen molar-refractivity contribution < 1.29 is 13.5 Å². The van der Waals surface area contributed by atoms with Crippen molar-refractivity contribution in [2.24, 2.45) is 0 Å². The van der Waals surface area contributed by atoms with Crippen LogP contribution in [0.5, 0.6) is 0 Å². The first-order valence-electron chi connectivity index (χ1n) is 5.83. The molecule has 0 unspecified atom stereocenters. The predicted molar refractivity (Wildman–Crippen MR) is 76.7 cm³/mol. The number of hydrogen-bond donors (Lipinski definition) is 3. The summed E-state index contributed by atoms with van der Waals surface area (Å²) in [5, 5.41) is 9.40. The second-order valence-corrected chi connectivity index (χ2v) is 6.82. The Labute approximate surface area is 114 Å². The van der Waals surface area contributed by atoms with Crippen LogP contribution in [0, 0.1) is 0 Å². The lowest BCUT2D eigenvalue weighted by Gasteiger charge is -2.36. The Morgan fingerprint density at radius 2 is 2.00 bits per heavy atom. The summed E-state index contributed by atoms with van der Waals surface area (Å²) in [6.45, 7) is 3.53. The Kier molecular flexibility index (Phi) is 4.44. The van der Waals surface area contributed by atoms with Crippen molar-refractivity contribution in [3.05, 3.63) is 18.2 Å². The smallest absolute Gasteiger partial charge is 0.242 e. The molecule has 0 aliphatic carbocycles. The molecule has 0 radical (unpaired) electrons. The van der Waals surface area contributed by atoms with Crippen LogP contribution in [0.3, 0.4) is 0 Å². The van der Waals surface area contributed by atoms with E-state index in [9.17, 15) is 13.5 Å². The molecule has 0 fully saturated rings. The fourth-order valence-corrected chi connectivity index (χ4v) is 2.56. The quantitative estimate of drug-likeness (QED) is 0.681. The van der Waals surface area contributed by atoms with Gasteiger partial charge in [-0.3, -0.25) is 0 Å². The van der Waals surface area contributed by atoms with Gasteiger partial charge >= 0.3 is 0 Å². The van der Waals surface area contributed by atoms with Gasteiger partial charge in [0.2, 0.25) is 10.0 Å². The van der Waals surface area contributed by atoms with Crippen molar-refractivity contribution in [1.82, 2.24) is 4.72 Å². The van der Waals surface area contributed by atoms with E-state index in [4.69, 9.17) is 5.73 Å². The SMILES string of the molecule is CNS(=O)(=O)c1cc(N)ccc1N(C)C(C)(C)CO. The number of benzene rings is 1. The number of nitrogens with zero attached hydrogens (tertiary/aromatic N) is 1. The summed E-state index contributed by atoms with van der Waals surface area (Å²) in [6, 6.07) is 4.68. The van der Waals surface area contributed by atoms with E-state index in [0.29, 0.717) is 11.4 Å². The van der Waals surface area contributed by atoms with Gasteiger partial charge in [-0.05, 0) is 39.1 Å². The monoisotopic (exact) mass is 287 g/mol. The van der Waals surface area contributed by atoms with E-state index in [1.54, 1.807) is 24.1 Å². The van der Waals surface area contributed by atoms with E-state index < -0.39 is 15.6 Å². The number of nitrogen functional groups attached to an aromatic ring is 1. The first kappa shape index (κ1) is 15.7. The molecule has 0 saturated carbocycles. The van der Waals surface area contributed by atoms with Gasteiger partial charge in [-0.25, -0.2) is 13.1 Å². The molecule has 1 aromatic carbocycles. The van der Waals surface area contributed by atoms with E-state index in [1.807, 2.05) is 13.8 Å². The number of sulfonamides is 1. The lowest BCUT2D eigenvalue weighted by Crippen LogP contribution is -2.45. The zero-order valence-electron chi connectivity index (χ0n) is 11.6. The number of nitrogens with two attached hydrogens (primary N) is 1. The van der Waals surface area contributed by atoms with Crippen LogP contribution in [0.4, 0.5) is 11.4 Å². The summed E-state index contributed by atoms with van der Waals surface area (Å²) >= 11 is 0. The minimum atomic E-state index is -3.62. The fraction of sp³-hybridized carbons (Fsp3) is 0.500. The third-order valence-electron chi connectivity index (χ3n) is 3.20. The van der Waals surface area contributed by atoms with Gasteiger partial charge in [0, 0.05) is 12.7 Å². The molecule has 1 rings (SSSR count). The van der Waals surface area contributed by atoms with Crippen LogP contribution < -0.4 is 15.4 Å². The number of likely N-dealkylation sites (N-methyl/N-ethyl adjacent to an activating group) is 1. The minimum absolute atomic E-state index is 0.0963. The highest BCUT2D eigenvalue weighted by Crippen LogP contribution is 2.30. The van der Waals surface area contributed by atoms with Crippen LogP contribution in [0.2, 0.25) is 0 Å². The molecule has 0 atom stereocenters. The van der Waals surface area contributed by atoms with Gasteiger partial charge in [0.1, 0.15) is 4.90 Å². The molecule has 0 aromatic heterocycles. The van der Waals surface area contributed by atoms with Crippen molar-refractivity contribution in [1.29, 1.82) is 0 Å². The summed E-state index contributed by atoms with van der Waals surface area (Å²) in [6.07, 6.45) is 0. The molecule has 0 amide bonds. The zero-order valence-corrected chi connectivity index (χ0v) is 12.5. The molecule has 19 heavy (non-hydrogen) atoms. The first-order valence-corrected chi connectivity index (χ1v) is 7.32. The summed E-state index contributed by atoms with van der Waals surface area (Å²) < 4.78 is 26.4. The lowest BCUT2D eigenvalue weighted by atomic mass is 10.0. The molecule has 0 bridgehead atoms. The van der Waals surface area contributed by atoms with Crippen LogP contribution in [0.1, 0.15) is 13.8 Å². The largest absolute Gasteiger partial charge is 0.399 e. The number of aliphatic hydroxyl groups is 1. The summed E-state index contributed by atoms with van der Waals surface area (Å²) in [4.78, 5) is 1.82. The molecule has 1 aromatic rings. The second-order valence-electron chi connectivity index (χ2n) is 4.96. The summed E-state index contributed by atoms with van der Waals surface area (Å²) in [5.74, 6) is 0. The van der Waals surface area contributed by atoms with Gasteiger partial charge in [0.25, 0.3) is 0 Å². The van der Waals surface area contributed by atoms with Crippen molar-refractivity contribution in [3.8, 4) is 0 Å². The fourth-order valence-electron chi connectivity index (χ4n) is 1.57. The highest BCUT2D eigenvalue weighted by molar-refractivity contribution is 7.89. The van der Waals surface area contributed by atoms with E-state index in [2.05, 4.69) is 4.72 Å². The second kappa shape index (κ2) is 5.36. The molecule has 4 N–H and O–H groups in total. The van der Waals surface area contributed by atoms with Crippen molar-refractivity contribution in [2.75, 3.05) is 31.3 Å². The predicted octanol–water partition coefficient (Wildman–Crippen LogP) is 0.384. The van der Waals surface area contributed by atoms with Crippen molar-refractivity contribution in [3.63, 3.8) is 0 Å². The third kappa shape index (κ3) is 3.17. The summed E-state index contributed by atoms with van der Waals surface area (Å²) in [5.41, 5.74) is 5.93. The average molecular weight is 287 g/mol. The molecular formula is C12H21N3O3S. The number of rotatable bonds is 5. The van der Waals surface area contributed by atoms with Crippen molar-refractivity contribution in [2.45, 2.75) is 24.3 Å². The summed E-state index contributed by atoms with van der Waals surface area (Å²) in [7, 11) is -0.539. The molecule has 0 aliphatic rings. The Morgan fingerprint density at radius 3 is 2.47 bits per heavy atom. The molecular weight excluding hydrogens is 266 g/mol. The third-order valence-corrected chi connectivity index (χ3v) is 4.64. The maximum Gasteiger partial charge on any atom is 0.242 e. The minimum Gasteiger partial charge on any atom is -0.399 e. The maximum atomic E-state index is 12.0. The Hall–Kier alpha value is -1.31. The van der Waals surface area contributed by atoms with Gasteiger partial charge in [0.15, 0.2) is 0 Å². The highest BCUT2D eigenvalue weighted by Gasteiger charge is 2.28. The maximum absolute atomic E-state index is 12.0. The van der Waals surface area contributed by atoms with E-state index in [1.165, 1.54) is 13.1 Å². The van der Waals surface area contributed by atoms with Gasteiger partial charge in [-0.1, -0.05) is 0 Å². The Balaban J connectivity index is 3.45. The molecule has 7 heteroatoms. The van der Waals surface area contributed by atoms with Gasteiger partial charge in [0.05, 0.1) is 17.8 Å². The number of nitrogens with one attached hydrogen (secondary N) is 1. The van der Waals surface area contributed by atoms with E-state index in [0.717, 1.165) is 0 Å². The molecule has 108 valence electrons. The van der Waals surface area contributed by atoms with Crippen LogP contribution in [0.25, 0.3) is 0 Å². The average Bonchev–Trinajstić information content (AvgIpc) is 2.37. The Bertz CT molecular complexity index is 555. The number of hydrogen-bond acceptors (Lipinski definition) is 5. The Morgan fingerprint density at radius 1 is 1.42 bits per heavy atom. The first-order chi connectivity index (χ1) is 8.65. The molecule has 0 aliphatic heterocycles. The molecule has 0 spiro atoms.